The van der Waals surface area contributed by atoms with E-state index in [1.165, 1.54) is 30.0 Å². The van der Waals surface area contributed by atoms with Crippen molar-refractivity contribution in [2.75, 3.05) is 5.75 Å². The molecule has 0 atom stereocenters. The minimum atomic E-state index is -0.465. The number of nitro groups is 1. The van der Waals surface area contributed by atoms with Crippen molar-refractivity contribution in [3.8, 4) is 0 Å². The highest BCUT2D eigenvalue weighted by atomic mass is 32.2. The lowest BCUT2D eigenvalue weighted by atomic mass is 10.1. The number of amides is 1. The Hall–Kier alpha value is -2.93. The van der Waals surface area contributed by atoms with Crippen LogP contribution in [0.5, 0.6) is 0 Å². The van der Waals surface area contributed by atoms with Gasteiger partial charge in [0.1, 0.15) is 0 Å². The molecule has 2 aromatic rings. The zero-order chi connectivity index (χ0) is 18.7. The lowest BCUT2D eigenvalue weighted by Gasteiger charge is -2.17. The molecular weight excluding hydrogens is 352 g/mol. The van der Waals surface area contributed by atoms with Crippen LogP contribution in [0.3, 0.4) is 0 Å². The van der Waals surface area contributed by atoms with Gasteiger partial charge in [0.05, 0.1) is 22.2 Å². The predicted molar refractivity (Wildman–Crippen MR) is 99.7 cm³/mol. The van der Waals surface area contributed by atoms with Gasteiger partial charge in [-0.1, -0.05) is 48.2 Å². The van der Waals surface area contributed by atoms with Crippen LogP contribution in [0.15, 0.2) is 59.6 Å². The van der Waals surface area contributed by atoms with E-state index in [2.05, 4.69) is 0 Å². The summed E-state index contributed by atoms with van der Waals surface area (Å²) in [5.41, 5.74) is 2.25. The molecule has 3 rings (SSSR count). The van der Waals surface area contributed by atoms with Crippen LogP contribution in [-0.2, 0) is 11.3 Å². The lowest BCUT2D eigenvalue weighted by molar-refractivity contribution is -0.384. The molecule has 0 aliphatic carbocycles. The van der Waals surface area contributed by atoms with E-state index in [0.717, 1.165) is 11.1 Å². The topological polar surface area (TPSA) is 80.5 Å². The first kappa shape index (κ1) is 17.9. The Bertz CT molecular complexity index is 906. The predicted octanol–water partition coefficient (Wildman–Crippen LogP) is 3.70. The first-order valence-electron chi connectivity index (χ1n) is 7.94. The van der Waals surface area contributed by atoms with Crippen LogP contribution < -0.4 is 0 Å². The summed E-state index contributed by atoms with van der Waals surface area (Å²) in [5.74, 6) is 0.0473. The van der Waals surface area contributed by atoms with Gasteiger partial charge >= 0.3 is 0 Å². The number of aryl methyl sites for hydroxylation is 1. The number of thioether (sulfide) groups is 1. The van der Waals surface area contributed by atoms with Crippen molar-refractivity contribution in [3.05, 3.63) is 86.4 Å². The van der Waals surface area contributed by atoms with Crippen LogP contribution >= 0.6 is 11.8 Å². The van der Waals surface area contributed by atoms with E-state index in [1.807, 2.05) is 19.1 Å². The van der Waals surface area contributed by atoms with Crippen LogP contribution in [-0.4, -0.2) is 27.3 Å². The summed E-state index contributed by atoms with van der Waals surface area (Å²) in [5, 5.41) is 11.3. The maximum absolute atomic E-state index is 12.5. The van der Waals surface area contributed by atoms with Crippen molar-refractivity contribution in [1.29, 1.82) is 0 Å². The summed E-state index contributed by atoms with van der Waals surface area (Å²) in [7, 11) is 0. The van der Waals surface area contributed by atoms with Crippen LogP contribution in [0.2, 0.25) is 0 Å². The number of nitro benzene ring substituents is 1. The third-order valence-electron chi connectivity index (χ3n) is 4.06. The van der Waals surface area contributed by atoms with Crippen molar-refractivity contribution >= 4 is 29.1 Å². The molecule has 0 saturated carbocycles. The van der Waals surface area contributed by atoms with Gasteiger partial charge < -0.3 is 4.90 Å². The third kappa shape index (κ3) is 3.83. The number of nitrogens with zero attached hydrogens (tertiary/aromatic N) is 2. The normalized spacial score (nSPS) is 15.5. The van der Waals surface area contributed by atoms with E-state index < -0.39 is 4.92 Å². The number of rotatable bonds is 5. The fourth-order valence-corrected chi connectivity index (χ4v) is 3.58. The van der Waals surface area contributed by atoms with Gasteiger partial charge in [-0.15, -0.1) is 0 Å². The Morgan fingerprint density at radius 1 is 1.23 bits per heavy atom. The van der Waals surface area contributed by atoms with Crippen molar-refractivity contribution in [1.82, 2.24) is 4.90 Å². The maximum atomic E-state index is 12.5. The molecule has 1 heterocycles. The number of benzene rings is 2. The van der Waals surface area contributed by atoms with Crippen molar-refractivity contribution in [3.63, 3.8) is 0 Å². The molecule has 0 radical (unpaired) electrons. The Morgan fingerprint density at radius 3 is 2.58 bits per heavy atom. The van der Waals surface area contributed by atoms with Crippen LogP contribution in [0.4, 0.5) is 5.69 Å². The number of allylic oxidation sites excluding steroid dienone is 1. The summed E-state index contributed by atoms with van der Waals surface area (Å²) in [4.78, 5) is 36.6. The Kier molecular flexibility index (Phi) is 5.18. The van der Waals surface area contributed by atoms with E-state index in [4.69, 9.17) is 0 Å². The Morgan fingerprint density at radius 2 is 1.92 bits per heavy atom. The molecule has 7 heteroatoms. The van der Waals surface area contributed by atoms with E-state index in [-0.39, 0.29) is 29.7 Å². The molecule has 1 amide bonds. The number of hydrogen-bond acceptors (Lipinski definition) is 5. The molecule has 1 aliphatic rings. The van der Waals surface area contributed by atoms with Crippen LogP contribution in [0.1, 0.15) is 21.5 Å². The molecule has 1 fully saturated rings. The van der Waals surface area contributed by atoms with Gasteiger partial charge in [0, 0.05) is 23.8 Å². The maximum Gasteiger partial charge on any atom is 0.269 e. The monoisotopic (exact) mass is 368 g/mol. The quantitative estimate of drug-likeness (QED) is 0.348. The second-order valence-corrected chi connectivity index (χ2v) is 6.85. The van der Waals surface area contributed by atoms with Crippen molar-refractivity contribution in [2.45, 2.75) is 13.5 Å². The SMILES string of the molecule is Cc1ccccc1C(=O)/C=C1\SCC(=O)N1Cc1ccc([N+](=O)[O-])cc1. The molecule has 1 aliphatic heterocycles. The van der Waals surface area contributed by atoms with Gasteiger partial charge in [-0.05, 0) is 18.1 Å². The summed E-state index contributed by atoms with van der Waals surface area (Å²) < 4.78 is 0. The molecule has 1 saturated heterocycles. The first-order chi connectivity index (χ1) is 12.5. The summed E-state index contributed by atoms with van der Waals surface area (Å²) in [6.07, 6.45) is 1.49. The average molecular weight is 368 g/mol. The Balaban J connectivity index is 1.81. The minimum Gasteiger partial charge on any atom is -0.301 e. The minimum absolute atomic E-state index is 0.00127. The van der Waals surface area contributed by atoms with Crippen LogP contribution in [0, 0.1) is 17.0 Å². The number of hydrogen-bond donors (Lipinski definition) is 0. The Labute approximate surface area is 154 Å². The summed E-state index contributed by atoms with van der Waals surface area (Å²) >= 11 is 1.32. The van der Waals surface area contributed by atoms with E-state index in [9.17, 15) is 19.7 Å². The van der Waals surface area contributed by atoms with Gasteiger partial charge in [0.15, 0.2) is 5.78 Å². The van der Waals surface area contributed by atoms with Crippen LogP contribution in [0.25, 0.3) is 0 Å². The smallest absolute Gasteiger partial charge is 0.269 e. The largest absolute Gasteiger partial charge is 0.301 e. The molecule has 0 aromatic heterocycles. The van der Waals surface area contributed by atoms with Gasteiger partial charge in [-0.3, -0.25) is 19.7 Å². The molecule has 0 bridgehead atoms. The highest BCUT2D eigenvalue weighted by Gasteiger charge is 2.27. The molecule has 2 aromatic carbocycles. The number of non-ortho nitro benzene ring substituents is 1. The van der Waals surface area contributed by atoms with Gasteiger partial charge in [0.25, 0.3) is 5.69 Å². The highest BCUT2D eigenvalue weighted by Crippen LogP contribution is 2.31. The molecule has 0 N–H and O–H groups in total. The molecule has 26 heavy (non-hydrogen) atoms. The number of carbonyl (C=O) groups is 2. The fraction of sp³-hybridized carbons (Fsp3) is 0.158. The fourth-order valence-electron chi connectivity index (χ4n) is 2.65. The summed E-state index contributed by atoms with van der Waals surface area (Å²) in [6.45, 7) is 2.14. The standard InChI is InChI=1S/C19H16N2O4S/c1-13-4-2-3-5-16(13)17(22)10-19-20(18(23)12-26-19)11-14-6-8-15(9-7-14)21(24)25/h2-10H,11-12H2,1H3/b19-10-. The zero-order valence-corrected chi connectivity index (χ0v) is 14.9. The van der Waals surface area contributed by atoms with E-state index in [0.29, 0.717) is 10.6 Å². The molecule has 0 unspecified atom stereocenters. The lowest BCUT2D eigenvalue weighted by Crippen LogP contribution is -2.24. The zero-order valence-electron chi connectivity index (χ0n) is 14.0. The number of carbonyl (C=O) groups excluding carboxylic acids is 2. The number of ketones is 1. The average Bonchev–Trinajstić information content (AvgIpc) is 2.96. The molecule has 0 spiro atoms. The van der Waals surface area contributed by atoms with Crippen molar-refractivity contribution < 1.29 is 14.5 Å². The van der Waals surface area contributed by atoms with Crippen molar-refractivity contribution in [2.24, 2.45) is 0 Å². The molecule has 132 valence electrons. The highest BCUT2D eigenvalue weighted by molar-refractivity contribution is 8.04. The van der Waals surface area contributed by atoms with E-state index >= 15 is 0 Å². The first-order valence-corrected chi connectivity index (χ1v) is 8.92. The van der Waals surface area contributed by atoms with Gasteiger partial charge in [-0.2, -0.15) is 0 Å². The molecule has 6 nitrogen and oxygen atoms in total. The molecular formula is C19H16N2O4S. The van der Waals surface area contributed by atoms with Gasteiger partial charge in [0.2, 0.25) is 5.91 Å². The van der Waals surface area contributed by atoms with E-state index in [1.54, 1.807) is 29.2 Å². The van der Waals surface area contributed by atoms with Gasteiger partial charge in [-0.25, -0.2) is 0 Å². The second-order valence-electron chi connectivity index (χ2n) is 5.85. The second kappa shape index (κ2) is 7.53. The summed E-state index contributed by atoms with van der Waals surface area (Å²) in [6, 6.07) is 13.4. The third-order valence-corrected chi connectivity index (χ3v) is 5.09.